The molecule has 1 aromatic heterocycles. The lowest BCUT2D eigenvalue weighted by atomic mass is 10.0. The van der Waals surface area contributed by atoms with Crippen molar-refractivity contribution in [3.8, 4) is 11.3 Å². The Morgan fingerprint density at radius 2 is 1.81 bits per heavy atom. The SMILES string of the molecule is CC(C)Cc1ccc(-c2nn(C(C)(C)C)cc2C=O)cc1. The quantitative estimate of drug-likeness (QED) is 0.784. The summed E-state index contributed by atoms with van der Waals surface area (Å²) < 4.78 is 1.86. The molecule has 0 atom stereocenters. The van der Waals surface area contributed by atoms with E-state index in [1.54, 1.807) is 0 Å². The fourth-order valence-corrected chi connectivity index (χ4v) is 2.31. The van der Waals surface area contributed by atoms with Gasteiger partial charge >= 0.3 is 0 Å². The van der Waals surface area contributed by atoms with Crippen LogP contribution in [-0.4, -0.2) is 16.1 Å². The molecule has 0 saturated carbocycles. The minimum Gasteiger partial charge on any atom is -0.298 e. The van der Waals surface area contributed by atoms with Crippen LogP contribution in [0.15, 0.2) is 30.5 Å². The van der Waals surface area contributed by atoms with Gasteiger partial charge in [0.2, 0.25) is 0 Å². The summed E-state index contributed by atoms with van der Waals surface area (Å²) in [4.78, 5) is 11.3. The summed E-state index contributed by atoms with van der Waals surface area (Å²) in [5.41, 5.74) is 3.58. The van der Waals surface area contributed by atoms with Crippen molar-refractivity contribution in [2.45, 2.75) is 46.6 Å². The highest BCUT2D eigenvalue weighted by atomic mass is 16.1. The molecule has 0 saturated heterocycles. The molecule has 0 fully saturated rings. The summed E-state index contributed by atoms with van der Waals surface area (Å²) in [5.74, 6) is 0.640. The fourth-order valence-electron chi connectivity index (χ4n) is 2.31. The Morgan fingerprint density at radius 3 is 2.29 bits per heavy atom. The maximum Gasteiger partial charge on any atom is 0.153 e. The molecule has 0 aliphatic rings. The molecule has 0 N–H and O–H groups in total. The van der Waals surface area contributed by atoms with E-state index in [2.05, 4.69) is 64.0 Å². The number of benzene rings is 1. The van der Waals surface area contributed by atoms with Crippen LogP contribution in [0.25, 0.3) is 11.3 Å². The van der Waals surface area contributed by atoms with Gasteiger partial charge in [0, 0.05) is 11.8 Å². The molecule has 21 heavy (non-hydrogen) atoms. The van der Waals surface area contributed by atoms with Crippen LogP contribution in [0, 0.1) is 5.92 Å². The van der Waals surface area contributed by atoms with Gasteiger partial charge in [-0.1, -0.05) is 38.1 Å². The summed E-state index contributed by atoms with van der Waals surface area (Å²) in [6.45, 7) is 10.6. The van der Waals surface area contributed by atoms with E-state index in [4.69, 9.17) is 0 Å². The Kier molecular flexibility index (Phi) is 4.31. The van der Waals surface area contributed by atoms with E-state index in [1.807, 2.05) is 10.9 Å². The van der Waals surface area contributed by atoms with Crippen molar-refractivity contribution < 1.29 is 4.79 Å². The smallest absolute Gasteiger partial charge is 0.153 e. The van der Waals surface area contributed by atoms with Gasteiger partial charge < -0.3 is 0 Å². The number of carbonyl (C=O) groups excluding carboxylic acids is 1. The van der Waals surface area contributed by atoms with Crippen LogP contribution < -0.4 is 0 Å². The van der Waals surface area contributed by atoms with Gasteiger partial charge in [0.15, 0.2) is 6.29 Å². The van der Waals surface area contributed by atoms with Gasteiger partial charge in [-0.15, -0.1) is 0 Å². The van der Waals surface area contributed by atoms with E-state index < -0.39 is 0 Å². The third-order valence-electron chi connectivity index (χ3n) is 3.43. The van der Waals surface area contributed by atoms with Crippen LogP contribution in [0.4, 0.5) is 0 Å². The standard InChI is InChI=1S/C18H24N2O/c1-13(2)10-14-6-8-15(9-7-14)17-16(12-21)11-20(19-17)18(3,4)5/h6-9,11-13H,10H2,1-5H3. The number of carbonyl (C=O) groups is 1. The lowest BCUT2D eigenvalue weighted by Crippen LogP contribution is -2.22. The Labute approximate surface area is 127 Å². The third-order valence-corrected chi connectivity index (χ3v) is 3.43. The maximum atomic E-state index is 11.3. The second kappa shape index (κ2) is 5.84. The van der Waals surface area contributed by atoms with Crippen LogP contribution >= 0.6 is 0 Å². The van der Waals surface area contributed by atoms with Gasteiger partial charge in [-0.3, -0.25) is 9.48 Å². The molecular formula is C18H24N2O. The maximum absolute atomic E-state index is 11.3. The molecule has 0 bridgehead atoms. The van der Waals surface area contributed by atoms with Crippen molar-refractivity contribution in [1.29, 1.82) is 0 Å². The molecular weight excluding hydrogens is 260 g/mol. The average Bonchev–Trinajstić information content (AvgIpc) is 2.83. The number of hydrogen-bond donors (Lipinski definition) is 0. The second-order valence-electron chi connectivity index (χ2n) is 6.96. The number of nitrogens with zero attached hydrogens (tertiary/aromatic N) is 2. The van der Waals surface area contributed by atoms with Gasteiger partial charge in [0.05, 0.1) is 11.1 Å². The van der Waals surface area contributed by atoms with E-state index in [0.717, 1.165) is 24.0 Å². The first-order chi connectivity index (χ1) is 9.81. The predicted molar refractivity (Wildman–Crippen MR) is 86.6 cm³/mol. The summed E-state index contributed by atoms with van der Waals surface area (Å²) in [5, 5.41) is 4.60. The lowest BCUT2D eigenvalue weighted by Gasteiger charge is -2.18. The summed E-state index contributed by atoms with van der Waals surface area (Å²) in [7, 11) is 0. The minimum atomic E-state index is -0.131. The molecule has 0 aliphatic carbocycles. The highest BCUT2D eigenvalue weighted by Gasteiger charge is 2.18. The zero-order chi connectivity index (χ0) is 15.6. The first-order valence-electron chi connectivity index (χ1n) is 7.46. The fraction of sp³-hybridized carbons (Fsp3) is 0.444. The molecule has 0 unspecified atom stereocenters. The number of rotatable bonds is 4. The molecule has 3 nitrogen and oxygen atoms in total. The topological polar surface area (TPSA) is 34.9 Å². The molecule has 0 amide bonds. The van der Waals surface area contributed by atoms with Crippen LogP contribution in [0.2, 0.25) is 0 Å². The Bertz CT molecular complexity index is 616. The Balaban J connectivity index is 2.37. The van der Waals surface area contributed by atoms with Crippen molar-refractivity contribution in [2.75, 3.05) is 0 Å². The van der Waals surface area contributed by atoms with Crippen LogP contribution in [0.5, 0.6) is 0 Å². The van der Waals surface area contributed by atoms with Crippen molar-refractivity contribution >= 4 is 6.29 Å². The van der Waals surface area contributed by atoms with Crippen molar-refractivity contribution in [3.63, 3.8) is 0 Å². The molecule has 1 aromatic carbocycles. The second-order valence-corrected chi connectivity index (χ2v) is 6.96. The molecule has 3 heteroatoms. The highest BCUT2D eigenvalue weighted by Crippen LogP contribution is 2.25. The normalized spacial score (nSPS) is 11.9. The van der Waals surface area contributed by atoms with E-state index in [0.29, 0.717) is 11.5 Å². The predicted octanol–water partition coefficient (Wildman–Crippen LogP) is 4.32. The van der Waals surface area contributed by atoms with Crippen molar-refractivity contribution in [3.05, 3.63) is 41.6 Å². The molecule has 0 spiro atoms. The first-order valence-corrected chi connectivity index (χ1v) is 7.46. The average molecular weight is 284 g/mol. The third kappa shape index (κ3) is 3.60. The summed E-state index contributed by atoms with van der Waals surface area (Å²) in [6, 6.07) is 8.36. The molecule has 0 radical (unpaired) electrons. The number of hydrogen-bond acceptors (Lipinski definition) is 2. The van der Waals surface area contributed by atoms with Gasteiger partial charge in [0.1, 0.15) is 5.69 Å². The zero-order valence-electron chi connectivity index (χ0n) is 13.6. The zero-order valence-corrected chi connectivity index (χ0v) is 13.6. The number of aldehydes is 1. The van der Waals surface area contributed by atoms with Gasteiger partial charge in [-0.05, 0) is 38.7 Å². The largest absolute Gasteiger partial charge is 0.298 e. The molecule has 0 aliphatic heterocycles. The molecule has 112 valence electrons. The van der Waals surface area contributed by atoms with Crippen molar-refractivity contribution in [1.82, 2.24) is 9.78 Å². The Hall–Kier alpha value is -1.90. The van der Waals surface area contributed by atoms with Gasteiger partial charge in [-0.25, -0.2) is 0 Å². The van der Waals surface area contributed by atoms with E-state index in [9.17, 15) is 4.79 Å². The van der Waals surface area contributed by atoms with Crippen LogP contribution in [-0.2, 0) is 12.0 Å². The summed E-state index contributed by atoms with van der Waals surface area (Å²) >= 11 is 0. The lowest BCUT2D eigenvalue weighted by molar-refractivity contribution is 0.112. The van der Waals surface area contributed by atoms with Gasteiger partial charge in [-0.2, -0.15) is 5.10 Å². The van der Waals surface area contributed by atoms with E-state index >= 15 is 0 Å². The van der Waals surface area contributed by atoms with E-state index in [-0.39, 0.29) is 5.54 Å². The monoisotopic (exact) mass is 284 g/mol. The minimum absolute atomic E-state index is 0.131. The molecule has 2 rings (SSSR count). The van der Waals surface area contributed by atoms with Gasteiger partial charge in [0.25, 0.3) is 0 Å². The van der Waals surface area contributed by atoms with Crippen LogP contribution in [0.3, 0.4) is 0 Å². The van der Waals surface area contributed by atoms with E-state index in [1.165, 1.54) is 5.56 Å². The van der Waals surface area contributed by atoms with Crippen molar-refractivity contribution in [2.24, 2.45) is 5.92 Å². The summed E-state index contributed by atoms with van der Waals surface area (Å²) in [6.07, 6.45) is 3.77. The van der Waals surface area contributed by atoms with Crippen LogP contribution in [0.1, 0.15) is 50.5 Å². The molecule has 1 heterocycles. The Morgan fingerprint density at radius 1 is 1.19 bits per heavy atom. The highest BCUT2D eigenvalue weighted by molar-refractivity contribution is 5.85. The number of aromatic nitrogens is 2. The molecule has 2 aromatic rings. The first kappa shape index (κ1) is 15.5.